The Kier molecular flexibility index (Phi) is 3.69. The normalized spacial score (nSPS) is 10.8. The molecule has 0 atom stereocenters. The van der Waals surface area contributed by atoms with Crippen LogP contribution in [0.5, 0.6) is 5.75 Å². The third kappa shape index (κ3) is 2.67. The zero-order valence-corrected chi connectivity index (χ0v) is 11.7. The van der Waals surface area contributed by atoms with Gasteiger partial charge >= 0.3 is 0 Å². The second kappa shape index (κ2) is 5.26. The van der Waals surface area contributed by atoms with Crippen LogP contribution in [0.15, 0.2) is 29.1 Å². The highest BCUT2D eigenvalue weighted by Gasteiger charge is 2.11. The van der Waals surface area contributed by atoms with Crippen molar-refractivity contribution in [2.24, 2.45) is 0 Å². The molecule has 1 heterocycles. The molecule has 0 aliphatic rings. The van der Waals surface area contributed by atoms with Gasteiger partial charge in [-0.2, -0.15) is 0 Å². The zero-order chi connectivity index (χ0) is 14.0. The summed E-state index contributed by atoms with van der Waals surface area (Å²) in [5.41, 5.74) is 2.21. The number of nitrogens with zero attached hydrogens (tertiary/aromatic N) is 1. The number of ether oxygens (including phenoxy) is 1. The molecule has 2 aromatic rings. The minimum absolute atomic E-state index is 0.0791. The van der Waals surface area contributed by atoms with Crippen LogP contribution in [-0.2, 0) is 0 Å². The highest BCUT2D eigenvalue weighted by molar-refractivity contribution is 5.63. The smallest absolute Gasteiger partial charge is 0.254 e. The Morgan fingerprint density at radius 3 is 2.37 bits per heavy atom. The summed E-state index contributed by atoms with van der Waals surface area (Å²) >= 11 is 0. The Morgan fingerprint density at radius 2 is 1.84 bits per heavy atom. The molecule has 0 radical (unpaired) electrons. The number of hydrogen-bond acceptors (Lipinski definition) is 3. The van der Waals surface area contributed by atoms with Gasteiger partial charge in [-0.25, -0.2) is 4.98 Å². The van der Waals surface area contributed by atoms with E-state index < -0.39 is 0 Å². The molecule has 2 rings (SSSR count). The van der Waals surface area contributed by atoms with Crippen LogP contribution in [0.25, 0.3) is 11.3 Å². The summed E-state index contributed by atoms with van der Waals surface area (Å²) in [7, 11) is 1.63. The highest BCUT2D eigenvalue weighted by atomic mass is 16.5. The summed E-state index contributed by atoms with van der Waals surface area (Å²) in [4.78, 5) is 19.3. The summed E-state index contributed by atoms with van der Waals surface area (Å²) in [5.74, 6) is 1.68. The molecule has 0 aliphatic heterocycles. The van der Waals surface area contributed by atoms with Crippen molar-refractivity contribution in [1.82, 2.24) is 9.97 Å². The first-order chi connectivity index (χ1) is 9.02. The molecule has 0 aliphatic carbocycles. The van der Waals surface area contributed by atoms with E-state index in [1.807, 2.05) is 38.1 Å². The van der Waals surface area contributed by atoms with Crippen LogP contribution in [0.1, 0.15) is 31.2 Å². The van der Waals surface area contributed by atoms with E-state index in [-0.39, 0.29) is 11.5 Å². The number of methoxy groups -OCH3 is 1. The van der Waals surface area contributed by atoms with Gasteiger partial charge in [0.15, 0.2) is 0 Å². The van der Waals surface area contributed by atoms with Crippen LogP contribution < -0.4 is 10.3 Å². The molecule has 0 unspecified atom stereocenters. The van der Waals surface area contributed by atoms with Gasteiger partial charge < -0.3 is 9.72 Å². The second-order valence-corrected chi connectivity index (χ2v) is 4.81. The summed E-state index contributed by atoms with van der Waals surface area (Å²) in [6.07, 6.45) is 0. The molecule has 0 fully saturated rings. The topological polar surface area (TPSA) is 55.0 Å². The molecule has 0 saturated heterocycles. The third-order valence-electron chi connectivity index (χ3n) is 3.08. The molecular weight excluding hydrogens is 240 g/mol. The van der Waals surface area contributed by atoms with Gasteiger partial charge in [0.25, 0.3) is 5.56 Å². The first-order valence-corrected chi connectivity index (χ1v) is 6.28. The Bertz CT molecular complexity index is 628. The number of H-pyrrole nitrogens is 1. The number of aromatic nitrogens is 2. The molecule has 1 N–H and O–H groups in total. The fourth-order valence-corrected chi connectivity index (χ4v) is 1.85. The van der Waals surface area contributed by atoms with Gasteiger partial charge in [-0.3, -0.25) is 4.79 Å². The fourth-order valence-electron chi connectivity index (χ4n) is 1.85. The Hall–Kier alpha value is -2.10. The first kappa shape index (κ1) is 13.3. The Balaban J connectivity index is 2.56. The summed E-state index contributed by atoms with van der Waals surface area (Å²) < 4.78 is 5.13. The predicted octanol–water partition coefficient (Wildman–Crippen LogP) is 2.88. The number of nitrogens with one attached hydrogen (secondary N) is 1. The van der Waals surface area contributed by atoms with Gasteiger partial charge in [-0.05, 0) is 31.2 Å². The molecule has 0 spiro atoms. The van der Waals surface area contributed by atoms with E-state index in [1.165, 1.54) is 0 Å². The van der Waals surface area contributed by atoms with Crippen LogP contribution in [0.2, 0.25) is 0 Å². The number of rotatable bonds is 3. The molecule has 4 nitrogen and oxygen atoms in total. The molecule has 19 heavy (non-hydrogen) atoms. The van der Waals surface area contributed by atoms with Crippen LogP contribution in [0, 0.1) is 6.92 Å². The largest absolute Gasteiger partial charge is 0.497 e. The molecule has 4 heteroatoms. The number of benzene rings is 1. The monoisotopic (exact) mass is 258 g/mol. The minimum atomic E-state index is -0.0791. The predicted molar refractivity (Wildman–Crippen MR) is 75.7 cm³/mol. The van der Waals surface area contributed by atoms with E-state index in [4.69, 9.17) is 4.74 Å². The molecule has 100 valence electrons. The van der Waals surface area contributed by atoms with Crippen LogP contribution in [0.4, 0.5) is 0 Å². The zero-order valence-electron chi connectivity index (χ0n) is 11.7. The van der Waals surface area contributed by atoms with Crippen molar-refractivity contribution in [3.63, 3.8) is 0 Å². The maximum Gasteiger partial charge on any atom is 0.254 e. The average molecular weight is 258 g/mol. The Labute approximate surface area is 112 Å². The fraction of sp³-hybridized carbons (Fsp3) is 0.333. The van der Waals surface area contributed by atoms with E-state index in [2.05, 4.69) is 9.97 Å². The second-order valence-electron chi connectivity index (χ2n) is 4.81. The van der Waals surface area contributed by atoms with Crippen molar-refractivity contribution in [3.05, 3.63) is 46.0 Å². The lowest BCUT2D eigenvalue weighted by molar-refractivity contribution is 0.415. The van der Waals surface area contributed by atoms with Gasteiger partial charge in [0.2, 0.25) is 0 Å². The lowest BCUT2D eigenvalue weighted by Gasteiger charge is -2.10. The van der Waals surface area contributed by atoms with E-state index in [0.29, 0.717) is 11.4 Å². The van der Waals surface area contributed by atoms with Gasteiger partial charge in [-0.15, -0.1) is 0 Å². The van der Waals surface area contributed by atoms with Crippen LogP contribution >= 0.6 is 0 Å². The van der Waals surface area contributed by atoms with Crippen LogP contribution in [0.3, 0.4) is 0 Å². The van der Waals surface area contributed by atoms with Gasteiger partial charge in [0.1, 0.15) is 11.6 Å². The lowest BCUT2D eigenvalue weighted by atomic mass is 10.1. The first-order valence-electron chi connectivity index (χ1n) is 6.28. The standard InChI is InChI=1S/C15H18N2O2/c1-9(2)14-16-13(10(3)15(18)17-14)11-5-7-12(19-4)8-6-11/h5-9H,1-4H3,(H,16,17,18). The van der Waals surface area contributed by atoms with Crippen molar-refractivity contribution in [1.29, 1.82) is 0 Å². The van der Waals surface area contributed by atoms with E-state index in [0.717, 1.165) is 17.0 Å². The molecule has 0 bridgehead atoms. The van der Waals surface area contributed by atoms with Crippen molar-refractivity contribution < 1.29 is 4.74 Å². The molecule has 0 saturated carbocycles. The lowest BCUT2D eigenvalue weighted by Crippen LogP contribution is -2.16. The van der Waals surface area contributed by atoms with Crippen molar-refractivity contribution in [3.8, 4) is 17.0 Å². The van der Waals surface area contributed by atoms with Gasteiger partial charge in [0.05, 0.1) is 12.8 Å². The molecule has 1 aromatic heterocycles. The third-order valence-corrected chi connectivity index (χ3v) is 3.08. The van der Waals surface area contributed by atoms with E-state index in [1.54, 1.807) is 14.0 Å². The minimum Gasteiger partial charge on any atom is -0.497 e. The van der Waals surface area contributed by atoms with E-state index >= 15 is 0 Å². The maximum atomic E-state index is 11.9. The maximum absolute atomic E-state index is 11.9. The average Bonchev–Trinajstić information content (AvgIpc) is 2.41. The summed E-state index contributed by atoms with van der Waals surface area (Å²) in [6, 6.07) is 7.56. The van der Waals surface area contributed by atoms with Crippen molar-refractivity contribution in [2.75, 3.05) is 7.11 Å². The number of hydrogen-bond donors (Lipinski definition) is 1. The summed E-state index contributed by atoms with van der Waals surface area (Å²) in [6.45, 7) is 5.80. The van der Waals surface area contributed by atoms with Crippen molar-refractivity contribution >= 4 is 0 Å². The van der Waals surface area contributed by atoms with Crippen LogP contribution in [-0.4, -0.2) is 17.1 Å². The summed E-state index contributed by atoms with van der Waals surface area (Å²) in [5, 5.41) is 0. The molecule has 1 aromatic carbocycles. The quantitative estimate of drug-likeness (QED) is 0.921. The van der Waals surface area contributed by atoms with Gasteiger partial charge in [-0.1, -0.05) is 13.8 Å². The van der Waals surface area contributed by atoms with Crippen molar-refractivity contribution in [2.45, 2.75) is 26.7 Å². The number of aromatic amines is 1. The van der Waals surface area contributed by atoms with E-state index in [9.17, 15) is 4.79 Å². The molecule has 0 amide bonds. The van der Waals surface area contributed by atoms with Gasteiger partial charge in [0, 0.05) is 17.0 Å². The SMILES string of the molecule is COc1ccc(-c2nc(C(C)C)[nH]c(=O)c2C)cc1. The molecular formula is C15H18N2O2. The highest BCUT2D eigenvalue weighted by Crippen LogP contribution is 2.23. The Morgan fingerprint density at radius 1 is 1.21 bits per heavy atom.